The molecule has 4 rings (SSSR count). The number of nitrogens with one attached hydrogen (secondary N) is 1. The van der Waals surface area contributed by atoms with E-state index in [9.17, 15) is 4.79 Å². The second kappa shape index (κ2) is 11.9. The molecule has 35 heavy (non-hydrogen) atoms. The first kappa shape index (κ1) is 25.5. The van der Waals surface area contributed by atoms with Gasteiger partial charge in [0.15, 0.2) is 5.84 Å². The van der Waals surface area contributed by atoms with E-state index in [4.69, 9.17) is 33.3 Å². The number of nitrogens with zero attached hydrogens (tertiary/aromatic N) is 3. The lowest BCUT2D eigenvalue weighted by atomic mass is 10.1. The van der Waals surface area contributed by atoms with Gasteiger partial charge >= 0.3 is 0 Å². The van der Waals surface area contributed by atoms with Crippen molar-refractivity contribution in [2.24, 2.45) is 10.1 Å². The molecule has 2 heterocycles. The van der Waals surface area contributed by atoms with Gasteiger partial charge in [-0.2, -0.15) is 15.1 Å². The highest BCUT2D eigenvalue weighted by molar-refractivity contribution is 8.26. The molecule has 0 atom stereocenters. The summed E-state index contributed by atoms with van der Waals surface area (Å²) >= 11 is 13.5. The number of amides is 1. The lowest BCUT2D eigenvalue weighted by Crippen LogP contribution is -2.35. The molecule has 1 N–H and O–H groups in total. The fourth-order valence-corrected chi connectivity index (χ4v) is 5.03. The van der Waals surface area contributed by atoms with Crippen molar-refractivity contribution >= 4 is 63.0 Å². The van der Waals surface area contributed by atoms with E-state index in [-0.39, 0.29) is 11.4 Å². The molecule has 0 fully saturated rings. The number of amidine groups is 2. The summed E-state index contributed by atoms with van der Waals surface area (Å²) in [6.45, 7) is 2.50. The second-order valence-electron chi connectivity index (χ2n) is 8.27. The maximum absolute atomic E-state index is 12.6. The van der Waals surface area contributed by atoms with Crippen LogP contribution in [0.15, 0.2) is 58.1 Å². The number of thioether (sulfide) groups is 1. The molecule has 2 aromatic carbocycles. The Labute approximate surface area is 219 Å². The van der Waals surface area contributed by atoms with Crippen LogP contribution in [0.25, 0.3) is 6.08 Å². The van der Waals surface area contributed by atoms with Crippen LogP contribution < -0.4 is 4.74 Å². The van der Waals surface area contributed by atoms with Crippen LogP contribution >= 0.6 is 35.0 Å². The van der Waals surface area contributed by atoms with Crippen LogP contribution in [0.1, 0.15) is 56.6 Å². The van der Waals surface area contributed by atoms with E-state index in [1.54, 1.807) is 18.2 Å². The summed E-state index contributed by atoms with van der Waals surface area (Å²) in [6.07, 6.45) is 8.39. The molecule has 2 aromatic rings. The van der Waals surface area contributed by atoms with Gasteiger partial charge in [-0.25, -0.2) is 0 Å². The van der Waals surface area contributed by atoms with E-state index in [0.29, 0.717) is 27.6 Å². The van der Waals surface area contributed by atoms with Gasteiger partial charge in [-0.3, -0.25) is 10.2 Å². The molecule has 2 aliphatic heterocycles. The number of hydrogen-bond donors (Lipinski definition) is 1. The van der Waals surface area contributed by atoms with E-state index >= 15 is 0 Å². The number of ether oxygens (including phenoxy) is 1. The molecule has 0 bridgehead atoms. The van der Waals surface area contributed by atoms with E-state index < -0.39 is 5.91 Å². The predicted molar refractivity (Wildman–Crippen MR) is 146 cm³/mol. The molecule has 9 heteroatoms. The second-order valence-corrected chi connectivity index (χ2v) is 10.2. The maximum atomic E-state index is 12.6. The van der Waals surface area contributed by atoms with Gasteiger partial charge in [-0.1, -0.05) is 74.0 Å². The van der Waals surface area contributed by atoms with Crippen LogP contribution in [0.4, 0.5) is 0 Å². The van der Waals surface area contributed by atoms with Crippen molar-refractivity contribution in [2.45, 2.75) is 52.1 Å². The molecule has 0 saturated heterocycles. The number of rotatable bonds is 10. The number of unbranched alkanes of at least 4 members (excludes halogenated alkanes) is 4. The molecule has 0 spiro atoms. The molecule has 0 unspecified atom stereocenters. The fourth-order valence-electron chi connectivity index (χ4n) is 3.64. The average molecular weight is 529 g/mol. The highest BCUT2D eigenvalue weighted by Gasteiger charge is 2.35. The minimum atomic E-state index is -0.425. The number of hydrazone groups is 1. The Morgan fingerprint density at radius 3 is 2.60 bits per heavy atom. The van der Waals surface area contributed by atoms with Crippen molar-refractivity contribution < 1.29 is 9.53 Å². The number of carbonyl (C=O) groups excluding carboxylic acids is 1. The molecular weight excluding hydrogens is 503 g/mol. The van der Waals surface area contributed by atoms with Crippen molar-refractivity contribution in [1.82, 2.24) is 5.01 Å². The highest BCUT2D eigenvalue weighted by Crippen LogP contribution is 2.30. The van der Waals surface area contributed by atoms with E-state index in [1.807, 2.05) is 30.3 Å². The summed E-state index contributed by atoms with van der Waals surface area (Å²) in [5.41, 5.74) is 1.81. The molecule has 2 aliphatic rings. The van der Waals surface area contributed by atoms with Gasteiger partial charge < -0.3 is 4.74 Å². The zero-order valence-corrected chi connectivity index (χ0v) is 21.7. The lowest BCUT2D eigenvalue weighted by molar-refractivity contribution is -0.114. The maximum Gasteiger partial charge on any atom is 0.283 e. The number of carbonyl (C=O) groups is 1. The third-order valence-corrected chi connectivity index (χ3v) is 7.15. The summed E-state index contributed by atoms with van der Waals surface area (Å²) in [7, 11) is 0. The quantitative estimate of drug-likeness (QED) is 0.255. The van der Waals surface area contributed by atoms with E-state index in [2.05, 4.69) is 17.0 Å². The summed E-state index contributed by atoms with van der Waals surface area (Å²) in [5, 5.41) is 17.0. The molecular formula is C26H26Cl2N4O2S. The van der Waals surface area contributed by atoms with Crippen LogP contribution in [-0.4, -0.2) is 27.0 Å². The summed E-state index contributed by atoms with van der Waals surface area (Å²) in [6, 6.07) is 12.6. The van der Waals surface area contributed by atoms with Gasteiger partial charge in [0, 0.05) is 15.6 Å². The van der Waals surface area contributed by atoms with Gasteiger partial charge in [0.05, 0.1) is 5.57 Å². The zero-order chi connectivity index (χ0) is 24.8. The Morgan fingerprint density at radius 2 is 1.86 bits per heavy atom. The topological polar surface area (TPSA) is 78.1 Å². The van der Waals surface area contributed by atoms with Crippen LogP contribution in [0.2, 0.25) is 10.0 Å². The third kappa shape index (κ3) is 6.54. The molecule has 182 valence electrons. The highest BCUT2D eigenvalue weighted by atomic mass is 35.5. The molecule has 6 nitrogen and oxygen atoms in total. The Morgan fingerprint density at radius 1 is 1.09 bits per heavy atom. The van der Waals surface area contributed by atoms with Crippen molar-refractivity contribution in [2.75, 3.05) is 0 Å². The number of hydrogen-bond acceptors (Lipinski definition) is 5. The average Bonchev–Trinajstić information content (AvgIpc) is 3.25. The minimum absolute atomic E-state index is 0.0474. The lowest BCUT2D eigenvalue weighted by Gasteiger charge is -2.20. The van der Waals surface area contributed by atoms with Gasteiger partial charge in [-0.15, -0.1) is 0 Å². The Bertz CT molecular complexity index is 1210. The number of benzene rings is 2. The van der Waals surface area contributed by atoms with Crippen molar-refractivity contribution in [1.29, 1.82) is 5.41 Å². The van der Waals surface area contributed by atoms with Gasteiger partial charge in [0.25, 0.3) is 5.91 Å². The summed E-state index contributed by atoms with van der Waals surface area (Å²) < 4.78 is 5.81. The van der Waals surface area contributed by atoms with Crippen LogP contribution in [-0.2, 0) is 11.4 Å². The normalized spacial score (nSPS) is 16.4. The summed E-state index contributed by atoms with van der Waals surface area (Å²) in [5.74, 6) is 0.282. The Hall–Kier alpha value is -2.61. The third-order valence-electron chi connectivity index (χ3n) is 5.59. The smallest absolute Gasteiger partial charge is 0.283 e. The van der Waals surface area contributed by atoms with Crippen LogP contribution in [0.5, 0.6) is 5.75 Å². The molecule has 0 saturated carbocycles. The van der Waals surface area contributed by atoms with Crippen LogP contribution in [0.3, 0.4) is 0 Å². The molecule has 1 amide bonds. The monoisotopic (exact) mass is 528 g/mol. The molecule has 0 radical (unpaired) electrons. The largest absolute Gasteiger partial charge is 0.489 e. The number of halogens is 2. The molecule has 0 aromatic heterocycles. The van der Waals surface area contributed by atoms with Crippen molar-refractivity contribution in [3.05, 3.63) is 69.2 Å². The summed E-state index contributed by atoms with van der Waals surface area (Å²) in [4.78, 5) is 16.8. The first-order chi connectivity index (χ1) is 16.9. The number of aliphatic imine (C=N–C) groups is 1. The molecule has 0 aliphatic carbocycles. The Balaban J connectivity index is 1.38. The van der Waals surface area contributed by atoms with Crippen LogP contribution in [0, 0.1) is 5.41 Å². The van der Waals surface area contributed by atoms with Gasteiger partial charge in [0.1, 0.15) is 17.4 Å². The Kier molecular flexibility index (Phi) is 8.65. The number of fused-ring (bicyclic) bond motifs is 1. The first-order valence-electron chi connectivity index (χ1n) is 11.6. The predicted octanol–water partition coefficient (Wildman–Crippen LogP) is 7.55. The zero-order valence-electron chi connectivity index (χ0n) is 19.4. The standard InChI is InChI=1S/C26H26Cl2N4O2S/c1-2-3-4-5-6-7-23-31-32-24(29)21(25(33)30-26(32)35-23)14-17-8-12-20(13-9-17)34-16-18-10-11-19(27)15-22(18)28/h8-15,29H,2-7,16H2,1H3. The van der Waals surface area contributed by atoms with Gasteiger partial charge in [-0.05, 0) is 60.5 Å². The fraction of sp³-hybridized carbons (Fsp3) is 0.308. The first-order valence-corrected chi connectivity index (χ1v) is 13.2. The van der Waals surface area contributed by atoms with E-state index in [1.165, 1.54) is 36.0 Å². The van der Waals surface area contributed by atoms with Crippen molar-refractivity contribution in [3.8, 4) is 5.75 Å². The minimum Gasteiger partial charge on any atom is -0.489 e. The van der Waals surface area contributed by atoms with Gasteiger partial charge in [0.2, 0.25) is 5.17 Å². The van der Waals surface area contributed by atoms with Crippen molar-refractivity contribution in [3.63, 3.8) is 0 Å². The SMILES string of the molecule is CCCCCCCC1=NN2C(=N)C(=Cc3ccc(OCc4ccc(Cl)cc4Cl)cc3)C(=O)N=C2S1. The van der Waals surface area contributed by atoms with E-state index in [0.717, 1.165) is 35.4 Å².